The molecule has 0 fully saturated rings. The maximum Gasteiger partial charge on any atom is 0.253 e. The highest BCUT2D eigenvalue weighted by atomic mass is 79.9. The third-order valence-electron chi connectivity index (χ3n) is 2.55. The minimum absolute atomic E-state index is 0.0383. The van der Waals surface area contributed by atoms with Crippen LogP contribution in [-0.2, 0) is 9.84 Å². The van der Waals surface area contributed by atoms with Crippen molar-refractivity contribution in [1.29, 1.82) is 0 Å². The standard InChI is InChI=1S/C12H15BrFNO3S/c1-4-5-15(2)12(16)8-6-9(13)11(14)10(7-8)19(3,17)18/h6-7H,4-5H2,1-3H3. The Labute approximate surface area is 120 Å². The number of hydrogen-bond donors (Lipinski definition) is 0. The zero-order valence-electron chi connectivity index (χ0n) is 10.9. The second kappa shape index (κ2) is 6.00. The molecule has 0 aromatic heterocycles. The first kappa shape index (κ1) is 16.1. The maximum absolute atomic E-state index is 13.7. The van der Waals surface area contributed by atoms with Gasteiger partial charge in [-0.05, 0) is 34.5 Å². The van der Waals surface area contributed by atoms with E-state index in [4.69, 9.17) is 0 Å². The van der Waals surface area contributed by atoms with Crippen LogP contribution in [-0.4, -0.2) is 39.1 Å². The molecular formula is C12H15BrFNO3S. The van der Waals surface area contributed by atoms with Crippen LogP contribution >= 0.6 is 15.9 Å². The lowest BCUT2D eigenvalue weighted by atomic mass is 10.2. The van der Waals surface area contributed by atoms with E-state index in [1.165, 1.54) is 11.0 Å². The van der Waals surface area contributed by atoms with Gasteiger partial charge in [-0.3, -0.25) is 4.79 Å². The molecule has 0 spiro atoms. The van der Waals surface area contributed by atoms with Crippen molar-refractivity contribution >= 4 is 31.7 Å². The summed E-state index contributed by atoms with van der Waals surface area (Å²) in [6.45, 7) is 2.47. The van der Waals surface area contributed by atoms with Crippen LogP contribution in [0.3, 0.4) is 0 Å². The van der Waals surface area contributed by atoms with Crippen LogP contribution in [0.15, 0.2) is 21.5 Å². The Bertz CT molecular complexity index is 601. The number of nitrogens with zero attached hydrogens (tertiary/aromatic N) is 1. The molecule has 7 heteroatoms. The number of carbonyl (C=O) groups excluding carboxylic acids is 1. The van der Waals surface area contributed by atoms with E-state index in [1.54, 1.807) is 7.05 Å². The second-order valence-corrected chi connectivity index (χ2v) is 7.11. The van der Waals surface area contributed by atoms with E-state index >= 15 is 0 Å². The van der Waals surface area contributed by atoms with Crippen LogP contribution in [0, 0.1) is 5.82 Å². The smallest absolute Gasteiger partial charge is 0.253 e. The molecule has 0 unspecified atom stereocenters. The maximum atomic E-state index is 13.7. The molecule has 0 aliphatic carbocycles. The molecule has 106 valence electrons. The first-order valence-electron chi connectivity index (χ1n) is 5.63. The Morgan fingerprint density at radius 3 is 2.47 bits per heavy atom. The monoisotopic (exact) mass is 351 g/mol. The van der Waals surface area contributed by atoms with Gasteiger partial charge in [0.25, 0.3) is 5.91 Å². The normalized spacial score (nSPS) is 11.4. The lowest BCUT2D eigenvalue weighted by molar-refractivity contribution is 0.0794. The molecule has 0 N–H and O–H groups in total. The van der Waals surface area contributed by atoms with Gasteiger partial charge in [-0.15, -0.1) is 0 Å². The fourth-order valence-corrected chi connectivity index (χ4v) is 2.98. The van der Waals surface area contributed by atoms with Crippen LogP contribution in [0.2, 0.25) is 0 Å². The molecule has 1 rings (SSSR count). The Morgan fingerprint density at radius 1 is 1.42 bits per heavy atom. The predicted molar refractivity (Wildman–Crippen MR) is 74.5 cm³/mol. The van der Waals surface area contributed by atoms with Gasteiger partial charge in [-0.25, -0.2) is 12.8 Å². The molecule has 0 aliphatic heterocycles. The molecule has 0 aliphatic rings. The van der Waals surface area contributed by atoms with Crippen LogP contribution in [0.4, 0.5) is 4.39 Å². The van der Waals surface area contributed by atoms with Crippen molar-refractivity contribution in [3.05, 3.63) is 28.0 Å². The Morgan fingerprint density at radius 2 is 2.00 bits per heavy atom. The molecule has 4 nitrogen and oxygen atoms in total. The molecule has 0 saturated heterocycles. The highest BCUT2D eigenvalue weighted by molar-refractivity contribution is 9.10. The lowest BCUT2D eigenvalue weighted by Gasteiger charge is -2.17. The number of benzene rings is 1. The van der Waals surface area contributed by atoms with E-state index in [2.05, 4.69) is 15.9 Å². The number of sulfone groups is 1. The van der Waals surface area contributed by atoms with Gasteiger partial charge >= 0.3 is 0 Å². The van der Waals surface area contributed by atoms with Gasteiger partial charge in [0.2, 0.25) is 0 Å². The quantitative estimate of drug-likeness (QED) is 0.837. The first-order chi connectivity index (χ1) is 8.68. The first-order valence-corrected chi connectivity index (χ1v) is 8.31. The van der Waals surface area contributed by atoms with E-state index in [0.717, 1.165) is 18.7 Å². The van der Waals surface area contributed by atoms with E-state index in [1.807, 2.05) is 6.92 Å². The summed E-state index contributed by atoms with van der Waals surface area (Å²) in [4.78, 5) is 13.1. The van der Waals surface area contributed by atoms with E-state index in [9.17, 15) is 17.6 Å². The second-order valence-electron chi connectivity index (χ2n) is 4.27. The lowest BCUT2D eigenvalue weighted by Crippen LogP contribution is -2.27. The summed E-state index contributed by atoms with van der Waals surface area (Å²) < 4.78 is 36.7. The Kier molecular flexibility index (Phi) is 5.09. The molecule has 1 aromatic carbocycles. The summed E-state index contributed by atoms with van der Waals surface area (Å²) in [6, 6.07) is 2.36. The van der Waals surface area contributed by atoms with E-state index in [0.29, 0.717) is 6.54 Å². The van der Waals surface area contributed by atoms with Crippen molar-refractivity contribution in [1.82, 2.24) is 4.90 Å². The van der Waals surface area contributed by atoms with Gasteiger partial charge in [-0.2, -0.15) is 0 Å². The van der Waals surface area contributed by atoms with E-state index < -0.39 is 20.5 Å². The van der Waals surface area contributed by atoms with Gasteiger partial charge in [0, 0.05) is 25.4 Å². The Balaban J connectivity index is 3.33. The molecule has 0 atom stereocenters. The summed E-state index contributed by atoms with van der Waals surface area (Å²) in [5.41, 5.74) is 0.143. The van der Waals surface area contributed by atoms with Gasteiger partial charge in [0.05, 0.1) is 4.47 Å². The molecule has 0 heterocycles. The molecule has 1 aromatic rings. The van der Waals surface area contributed by atoms with Crippen molar-refractivity contribution in [2.24, 2.45) is 0 Å². The molecule has 0 bridgehead atoms. The van der Waals surface area contributed by atoms with Gasteiger partial charge < -0.3 is 4.90 Å². The zero-order valence-corrected chi connectivity index (χ0v) is 13.3. The molecule has 0 saturated carbocycles. The largest absolute Gasteiger partial charge is 0.342 e. The highest BCUT2D eigenvalue weighted by Gasteiger charge is 2.21. The fraction of sp³-hybridized carbons (Fsp3) is 0.417. The minimum atomic E-state index is -3.73. The number of halogens is 2. The zero-order chi connectivity index (χ0) is 14.8. The third-order valence-corrected chi connectivity index (χ3v) is 4.22. The van der Waals surface area contributed by atoms with Crippen LogP contribution in [0.25, 0.3) is 0 Å². The van der Waals surface area contributed by atoms with Crippen LogP contribution in [0.1, 0.15) is 23.7 Å². The average molecular weight is 352 g/mol. The summed E-state index contributed by atoms with van der Waals surface area (Å²) in [5.74, 6) is -1.22. The molecule has 1 amide bonds. The SMILES string of the molecule is CCCN(C)C(=O)c1cc(Br)c(F)c(S(C)(=O)=O)c1. The summed E-state index contributed by atoms with van der Waals surface area (Å²) in [6.07, 6.45) is 1.69. The van der Waals surface area contributed by atoms with Crippen molar-refractivity contribution in [3.63, 3.8) is 0 Å². The number of amides is 1. The fourth-order valence-electron chi connectivity index (χ4n) is 1.61. The van der Waals surface area contributed by atoms with Gasteiger partial charge in [0.15, 0.2) is 15.7 Å². The molecular weight excluding hydrogens is 337 g/mol. The summed E-state index contributed by atoms with van der Waals surface area (Å²) in [7, 11) is -2.11. The topological polar surface area (TPSA) is 54.5 Å². The van der Waals surface area contributed by atoms with Gasteiger partial charge in [0.1, 0.15) is 4.90 Å². The Hall–Kier alpha value is -0.950. The molecule has 19 heavy (non-hydrogen) atoms. The van der Waals surface area contributed by atoms with Crippen molar-refractivity contribution in [2.75, 3.05) is 19.8 Å². The minimum Gasteiger partial charge on any atom is -0.342 e. The van der Waals surface area contributed by atoms with Crippen LogP contribution < -0.4 is 0 Å². The number of rotatable bonds is 4. The number of carbonyl (C=O) groups is 1. The van der Waals surface area contributed by atoms with Gasteiger partial charge in [-0.1, -0.05) is 6.92 Å². The average Bonchev–Trinajstić information content (AvgIpc) is 2.30. The van der Waals surface area contributed by atoms with Crippen LogP contribution in [0.5, 0.6) is 0 Å². The van der Waals surface area contributed by atoms with E-state index in [-0.39, 0.29) is 15.9 Å². The third kappa shape index (κ3) is 3.76. The van der Waals surface area contributed by atoms with Crippen molar-refractivity contribution < 1.29 is 17.6 Å². The van der Waals surface area contributed by atoms with Crippen molar-refractivity contribution in [2.45, 2.75) is 18.2 Å². The highest BCUT2D eigenvalue weighted by Crippen LogP contribution is 2.25. The summed E-state index contributed by atoms with van der Waals surface area (Å²) >= 11 is 2.94. The number of hydrogen-bond acceptors (Lipinski definition) is 3. The van der Waals surface area contributed by atoms with Crippen molar-refractivity contribution in [3.8, 4) is 0 Å². The summed E-state index contributed by atoms with van der Waals surface area (Å²) in [5, 5.41) is 0. The predicted octanol–water partition coefficient (Wildman–Crippen LogP) is 2.47. The molecule has 0 radical (unpaired) electrons.